The van der Waals surface area contributed by atoms with Crippen LogP contribution in [0.1, 0.15) is 13.3 Å². The van der Waals surface area contributed by atoms with Crippen molar-refractivity contribution in [3.05, 3.63) is 54.3 Å². The Morgan fingerprint density at radius 3 is 2.24 bits per heavy atom. The first-order valence-electron chi connectivity index (χ1n) is 10.2. The van der Waals surface area contributed by atoms with Gasteiger partial charge in [-0.25, -0.2) is 17.7 Å². The molecule has 0 bridgehead atoms. The first-order valence-corrected chi connectivity index (χ1v) is 11.6. The quantitative estimate of drug-likeness (QED) is 0.417. The zero-order valence-electron chi connectivity index (χ0n) is 18.7. The zero-order chi connectivity index (χ0) is 25.0. The molecule has 0 spiro atoms. The first kappa shape index (κ1) is 25.4. The summed E-state index contributed by atoms with van der Waals surface area (Å²) in [5.41, 5.74) is 0.519. The number of imide groups is 1. The predicted molar refractivity (Wildman–Crippen MR) is 120 cm³/mol. The minimum Gasteiger partial charge on any atom is -0.354 e. The summed E-state index contributed by atoms with van der Waals surface area (Å²) < 4.78 is 51.6. The Morgan fingerprint density at radius 2 is 1.71 bits per heavy atom. The first-order chi connectivity index (χ1) is 16.1. The molecule has 3 rings (SSSR count). The van der Waals surface area contributed by atoms with Crippen LogP contribution in [-0.4, -0.2) is 63.5 Å². The Bertz CT molecular complexity index is 1170. The van der Waals surface area contributed by atoms with E-state index in [0.29, 0.717) is 5.69 Å². The van der Waals surface area contributed by atoms with Crippen LogP contribution in [-0.2, 0) is 33.9 Å². The van der Waals surface area contributed by atoms with Crippen LogP contribution in [0.5, 0.6) is 0 Å². The van der Waals surface area contributed by atoms with Crippen molar-refractivity contribution in [3.63, 3.8) is 0 Å². The molecule has 1 unspecified atom stereocenters. The van der Waals surface area contributed by atoms with E-state index in [1.165, 1.54) is 57.5 Å². The number of rotatable bonds is 9. The number of nitrogens with zero attached hydrogens (tertiary/aromatic N) is 2. The number of methoxy groups -OCH3 is 2. The maximum absolute atomic E-state index is 13.6. The SMILES string of the molecule is COC(CN(C1CC(=O)N(c2ccc(F)cc2)C1=O)S(=O)(=O)c1ccc(NC(C)=O)cc1)OC. The van der Waals surface area contributed by atoms with Crippen molar-refractivity contribution in [2.75, 3.05) is 31.0 Å². The number of ether oxygens (including phenoxy) is 2. The molecule has 1 atom stereocenters. The van der Waals surface area contributed by atoms with Gasteiger partial charge in [-0.05, 0) is 48.5 Å². The van der Waals surface area contributed by atoms with E-state index >= 15 is 0 Å². The van der Waals surface area contributed by atoms with Gasteiger partial charge in [0.2, 0.25) is 21.8 Å². The highest BCUT2D eigenvalue weighted by atomic mass is 32.2. The second-order valence-corrected chi connectivity index (χ2v) is 9.34. The minimum absolute atomic E-state index is 0.131. The standard InChI is InChI=1S/C22H24FN3O7S/c1-14(27)24-16-6-10-18(11-7-16)34(30,31)25(13-21(32-2)33-3)19-12-20(28)26(22(19)29)17-8-4-15(23)5-9-17/h4-11,19,21H,12-13H2,1-3H3,(H,24,27). The van der Waals surface area contributed by atoms with Gasteiger partial charge in [-0.15, -0.1) is 0 Å². The number of anilines is 2. The highest BCUT2D eigenvalue weighted by molar-refractivity contribution is 7.89. The Morgan fingerprint density at radius 1 is 1.12 bits per heavy atom. The predicted octanol–water partition coefficient (Wildman–Crippen LogP) is 1.73. The molecule has 0 saturated carbocycles. The van der Waals surface area contributed by atoms with Crippen molar-refractivity contribution >= 4 is 39.1 Å². The van der Waals surface area contributed by atoms with Gasteiger partial charge in [-0.2, -0.15) is 4.31 Å². The fourth-order valence-corrected chi connectivity index (χ4v) is 5.10. The van der Waals surface area contributed by atoms with Crippen LogP contribution >= 0.6 is 0 Å². The second kappa shape index (κ2) is 10.4. The molecule has 34 heavy (non-hydrogen) atoms. The molecule has 1 heterocycles. The van der Waals surface area contributed by atoms with Gasteiger partial charge in [0.1, 0.15) is 11.9 Å². The van der Waals surface area contributed by atoms with Gasteiger partial charge in [0.15, 0.2) is 6.29 Å². The molecule has 0 aromatic heterocycles. The van der Waals surface area contributed by atoms with Crippen LogP contribution < -0.4 is 10.2 Å². The third-order valence-corrected chi connectivity index (χ3v) is 7.08. The molecule has 1 fully saturated rings. The molecular formula is C22H24FN3O7S. The number of nitrogens with one attached hydrogen (secondary N) is 1. The van der Waals surface area contributed by atoms with Crippen LogP contribution in [0.2, 0.25) is 0 Å². The molecule has 2 aromatic rings. The maximum atomic E-state index is 13.6. The lowest BCUT2D eigenvalue weighted by Gasteiger charge is -2.29. The van der Waals surface area contributed by atoms with Gasteiger partial charge in [0.05, 0.1) is 23.5 Å². The number of sulfonamides is 1. The van der Waals surface area contributed by atoms with E-state index in [9.17, 15) is 27.2 Å². The van der Waals surface area contributed by atoms with E-state index in [1.54, 1.807) is 0 Å². The molecule has 1 aliphatic heterocycles. The van der Waals surface area contributed by atoms with Gasteiger partial charge in [0, 0.05) is 26.8 Å². The highest BCUT2D eigenvalue weighted by Crippen LogP contribution is 2.30. The van der Waals surface area contributed by atoms with E-state index in [-0.39, 0.29) is 23.0 Å². The Hall–Kier alpha value is -3.19. The average Bonchev–Trinajstić information content (AvgIpc) is 3.08. The summed E-state index contributed by atoms with van der Waals surface area (Å²) in [6, 6.07) is 8.72. The van der Waals surface area contributed by atoms with Gasteiger partial charge >= 0.3 is 0 Å². The number of hydrogen-bond donors (Lipinski definition) is 1. The molecule has 12 heteroatoms. The summed E-state index contributed by atoms with van der Waals surface area (Å²) in [4.78, 5) is 37.9. The lowest BCUT2D eigenvalue weighted by molar-refractivity contribution is -0.126. The molecular weight excluding hydrogens is 469 g/mol. The van der Waals surface area contributed by atoms with E-state index in [2.05, 4.69) is 5.32 Å². The van der Waals surface area contributed by atoms with Gasteiger partial charge in [-0.3, -0.25) is 14.4 Å². The highest BCUT2D eigenvalue weighted by Gasteiger charge is 2.47. The van der Waals surface area contributed by atoms with Crippen LogP contribution in [0.3, 0.4) is 0 Å². The molecule has 3 amide bonds. The van der Waals surface area contributed by atoms with Crippen molar-refractivity contribution in [1.29, 1.82) is 0 Å². The fraction of sp³-hybridized carbons (Fsp3) is 0.318. The van der Waals surface area contributed by atoms with Crippen molar-refractivity contribution in [1.82, 2.24) is 4.31 Å². The van der Waals surface area contributed by atoms with Crippen molar-refractivity contribution < 1.29 is 36.7 Å². The van der Waals surface area contributed by atoms with E-state index in [4.69, 9.17) is 9.47 Å². The van der Waals surface area contributed by atoms with E-state index < -0.39 is 46.4 Å². The van der Waals surface area contributed by atoms with Gasteiger partial charge in [0.25, 0.3) is 5.91 Å². The summed E-state index contributed by atoms with van der Waals surface area (Å²) in [6.45, 7) is 0.946. The van der Waals surface area contributed by atoms with Gasteiger partial charge in [-0.1, -0.05) is 0 Å². The molecule has 0 radical (unpaired) electrons. The third kappa shape index (κ3) is 5.30. The summed E-state index contributed by atoms with van der Waals surface area (Å²) in [5, 5.41) is 2.54. The number of carbonyl (C=O) groups is 3. The second-order valence-electron chi connectivity index (χ2n) is 7.44. The number of hydrogen-bond acceptors (Lipinski definition) is 7. The van der Waals surface area contributed by atoms with Gasteiger partial charge < -0.3 is 14.8 Å². The molecule has 2 aromatic carbocycles. The van der Waals surface area contributed by atoms with Crippen molar-refractivity contribution in [3.8, 4) is 0 Å². The number of halogens is 1. The molecule has 1 saturated heterocycles. The van der Waals surface area contributed by atoms with Crippen LogP contribution in [0.4, 0.5) is 15.8 Å². The average molecular weight is 494 g/mol. The summed E-state index contributed by atoms with van der Waals surface area (Å²) in [5.74, 6) is -2.28. The zero-order valence-corrected chi connectivity index (χ0v) is 19.5. The van der Waals surface area contributed by atoms with Crippen LogP contribution in [0.25, 0.3) is 0 Å². The Kier molecular flexibility index (Phi) is 7.77. The lowest BCUT2D eigenvalue weighted by atomic mass is 10.2. The normalized spacial score (nSPS) is 16.5. The third-order valence-electron chi connectivity index (χ3n) is 5.19. The Labute approximate surface area is 196 Å². The molecule has 182 valence electrons. The molecule has 1 N–H and O–H groups in total. The topological polar surface area (TPSA) is 122 Å². The number of carbonyl (C=O) groups excluding carboxylic acids is 3. The molecule has 10 nitrogen and oxygen atoms in total. The smallest absolute Gasteiger partial charge is 0.252 e. The summed E-state index contributed by atoms with van der Waals surface area (Å²) in [6.07, 6.45) is -1.43. The van der Waals surface area contributed by atoms with Crippen molar-refractivity contribution in [2.45, 2.75) is 30.6 Å². The molecule has 1 aliphatic rings. The van der Waals surface area contributed by atoms with Crippen LogP contribution in [0, 0.1) is 5.82 Å². The molecule has 0 aliphatic carbocycles. The summed E-state index contributed by atoms with van der Waals surface area (Å²) in [7, 11) is -1.69. The lowest BCUT2D eigenvalue weighted by Crippen LogP contribution is -2.49. The largest absolute Gasteiger partial charge is 0.354 e. The maximum Gasteiger partial charge on any atom is 0.252 e. The van der Waals surface area contributed by atoms with Crippen LogP contribution in [0.15, 0.2) is 53.4 Å². The van der Waals surface area contributed by atoms with E-state index in [0.717, 1.165) is 21.3 Å². The Balaban J connectivity index is 1.98. The monoisotopic (exact) mass is 493 g/mol. The van der Waals surface area contributed by atoms with E-state index in [1.807, 2.05) is 0 Å². The fourth-order valence-electron chi connectivity index (χ4n) is 3.54. The number of amides is 3. The minimum atomic E-state index is -4.31. The van der Waals surface area contributed by atoms with Crippen molar-refractivity contribution in [2.24, 2.45) is 0 Å². The number of benzene rings is 2. The summed E-state index contributed by atoms with van der Waals surface area (Å²) >= 11 is 0.